The van der Waals surface area contributed by atoms with Crippen LogP contribution in [0.15, 0.2) is 48.5 Å². The number of carbonyl (C=O) groups excluding carboxylic acids is 1. The van der Waals surface area contributed by atoms with Gasteiger partial charge in [0, 0.05) is 0 Å². The summed E-state index contributed by atoms with van der Waals surface area (Å²) in [5.74, 6) is -1.49. The highest BCUT2D eigenvalue weighted by Crippen LogP contribution is 2.25. The van der Waals surface area contributed by atoms with Crippen molar-refractivity contribution in [2.45, 2.75) is 33.2 Å². The number of aromatic nitrogens is 2. The summed E-state index contributed by atoms with van der Waals surface area (Å²) in [4.78, 5) is 24.0. The van der Waals surface area contributed by atoms with Crippen molar-refractivity contribution < 1.29 is 19.4 Å². The van der Waals surface area contributed by atoms with Gasteiger partial charge < -0.3 is 15.2 Å². The summed E-state index contributed by atoms with van der Waals surface area (Å²) in [6, 6.07) is 14.6. The highest BCUT2D eigenvalue weighted by molar-refractivity contribution is 5.91. The van der Waals surface area contributed by atoms with Gasteiger partial charge in [0.2, 0.25) is 5.91 Å². The van der Waals surface area contributed by atoms with Crippen molar-refractivity contribution >= 4 is 11.9 Å². The van der Waals surface area contributed by atoms with Crippen LogP contribution in [0.2, 0.25) is 0 Å². The summed E-state index contributed by atoms with van der Waals surface area (Å²) in [6.07, 6.45) is 0. The Morgan fingerprint density at radius 2 is 1.93 bits per heavy atom. The Morgan fingerprint density at radius 1 is 1.17 bits per heavy atom. The molecule has 0 spiro atoms. The number of methoxy groups -OCH3 is 1. The Morgan fingerprint density at radius 3 is 2.60 bits per heavy atom. The van der Waals surface area contributed by atoms with E-state index in [9.17, 15) is 14.7 Å². The summed E-state index contributed by atoms with van der Waals surface area (Å²) in [7, 11) is 1.41. The van der Waals surface area contributed by atoms with Gasteiger partial charge in [0.05, 0.1) is 36.6 Å². The lowest BCUT2D eigenvalue weighted by atomic mass is 9.98. The van der Waals surface area contributed by atoms with E-state index in [2.05, 4.69) is 10.4 Å². The van der Waals surface area contributed by atoms with E-state index in [1.54, 1.807) is 19.1 Å². The number of ether oxygens (including phenoxy) is 1. The third kappa shape index (κ3) is 4.51. The second kappa shape index (κ2) is 8.82. The van der Waals surface area contributed by atoms with E-state index in [1.807, 2.05) is 48.9 Å². The Balaban J connectivity index is 1.76. The molecular weight excluding hydrogens is 382 g/mol. The van der Waals surface area contributed by atoms with Gasteiger partial charge in [-0.3, -0.25) is 4.79 Å². The quantitative estimate of drug-likeness (QED) is 0.624. The third-order valence-corrected chi connectivity index (χ3v) is 4.94. The Kier molecular flexibility index (Phi) is 6.20. The number of benzene rings is 2. The van der Waals surface area contributed by atoms with Crippen LogP contribution in [0, 0.1) is 13.8 Å². The van der Waals surface area contributed by atoms with Crippen molar-refractivity contribution in [3.63, 3.8) is 0 Å². The zero-order chi connectivity index (χ0) is 21.8. The zero-order valence-corrected chi connectivity index (χ0v) is 17.5. The molecule has 3 rings (SSSR count). The fourth-order valence-electron chi connectivity index (χ4n) is 3.30. The fraction of sp³-hybridized carbons (Fsp3) is 0.261. The molecule has 30 heavy (non-hydrogen) atoms. The first-order valence-electron chi connectivity index (χ1n) is 9.61. The van der Waals surface area contributed by atoms with E-state index in [-0.39, 0.29) is 17.2 Å². The van der Waals surface area contributed by atoms with E-state index >= 15 is 0 Å². The average Bonchev–Trinajstić information content (AvgIpc) is 3.11. The van der Waals surface area contributed by atoms with Crippen LogP contribution in [0.25, 0.3) is 5.69 Å². The lowest BCUT2D eigenvalue weighted by molar-refractivity contribution is -0.122. The largest absolute Gasteiger partial charge is 0.496 e. The Hall–Kier alpha value is -3.61. The van der Waals surface area contributed by atoms with E-state index in [0.29, 0.717) is 12.1 Å². The molecule has 0 aliphatic carbocycles. The number of hydrogen-bond donors (Lipinski definition) is 2. The highest BCUT2D eigenvalue weighted by Gasteiger charge is 2.19. The minimum absolute atomic E-state index is 0.0615. The molecule has 2 N–H and O–H groups in total. The molecule has 1 amide bonds. The normalized spacial score (nSPS) is 11.7. The number of aromatic carboxylic acids is 1. The summed E-state index contributed by atoms with van der Waals surface area (Å²) < 4.78 is 6.99. The zero-order valence-electron chi connectivity index (χ0n) is 17.5. The van der Waals surface area contributed by atoms with Gasteiger partial charge in [0.15, 0.2) is 0 Å². The molecule has 0 radical (unpaired) electrons. The van der Waals surface area contributed by atoms with Crippen LogP contribution < -0.4 is 10.1 Å². The van der Waals surface area contributed by atoms with Gasteiger partial charge in [-0.15, -0.1) is 0 Å². The van der Waals surface area contributed by atoms with E-state index < -0.39 is 11.9 Å². The van der Waals surface area contributed by atoms with Gasteiger partial charge in [-0.25, -0.2) is 9.48 Å². The minimum atomic E-state index is -1.07. The molecular formula is C23H25N3O4. The van der Waals surface area contributed by atoms with Crippen molar-refractivity contribution in [2.24, 2.45) is 0 Å². The number of aryl methyl sites for hydroxylation is 2. The maximum atomic E-state index is 12.7. The molecule has 1 heterocycles. The SMILES string of the molecule is COc1cc(C(C)C(=O)NCc2cc(C)nn2-c2cccc(C)c2)ccc1C(=O)O. The van der Waals surface area contributed by atoms with Crippen LogP contribution in [-0.2, 0) is 11.3 Å². The van der Waals surface area contributed by atoms with Crippen LogP contribution in [0.5, 0.6) is 5.75 Å². The summed E-state index contributed by atoms with van der Waals surface area (Å²) in [5, 5.41) is 16.7. The maximum Gasteiger partial charge on any atom is 0.339 e. The molecule has 3 aromatic rings. The highest BCUT2D eigenvalue weighted by atomic mass is 16.5. The molecule has 7 heteroatoms. The summed E-state index contributed by atoms with van der Waals surface area (Å²) in [6.45, 7) is 6.03. The van der Waals surface area contributed by atoms with Crippen LogP contribution in [0.1, 0.15) is 45.7 Å². The number of nitrogens with one attached hydrogen (secondary N) is 1. The lowest BCUT2D eigenvalue weighted by Gasteiger charge is -2.15. The smallest absolute Gasteiger partial charge is 0.339 e. The van der Waals surface area contributed by atoms with E-state index in [0.717, 1.165) is 22.6 Å². The molecule has 0 fully saturated rings. The monoisotopic (exact) mass is 407 g/mol. The Bertz CT molecular complexity index is 1090. The summed E-state index contributed by atoms with van der Waals surface area (Å²) >= 11 is 0. The maximum absolute atomic E-state index is 12.7. The molecule has 0 aliphatic heterocycles. The number of amides is 1. The minimum Gasteiger partial charge on any atom is -0.496 e. The summed E-state index contributed by atoms with van der Waals surface area (Å²) in [5.41, 5.74) is 4.54. The van der Waals surface area contributed by atoms with Gasteiger partial charge >= 0.3 is 5.97 Å². The molecule has 0 bridgehead atoms. The molecule has 2 aromatic carbocycles. The molecule has 7 nitrogen and oxygen atoms in total. The number of carboxylic acids is 1. The van der Waals surface area contributed by atoms with E-state index in [4.69, 9.17) is 4.74 Å². The first kappa shape index (κ1) is 21.1. The molecule has 1 unspecified atom stereocenters. The predicted molar refractivity (Wildman–Crippen MR) is 113 cm³/mol. The number of hydrogen-bond acceptors (Lipinski definition) is 4. The van der Waals surface area contributed by atoms with Crippen molar-refractivity contribution in [3.05, 3.63) is 76.6 Å². The molecule has 0 saturated heterocycles. The predicted octanol–water partition coefficient (Wildman–Crippen LogP) is 3.62. The molecule has 1 aromatic heterocycles. The average molecular weight is 407 g/mol. The van der Waals surface area contributed by atoms with Crippen molar-refractivity contribution in [1.82, 2.24) is 15.1 Å². The Labute approximate surface area is 175 Å². The standard InChI is InChI=1S/C23H25N3O4/c1-14-6-5-7-18(10-14)26-19(11-15(2)25-26)13-24-22(27)16(3)17-8-9-20(23(28)29)21(12-17)30-4/h5-12,16H,13H2,1-4H3,(H,24,27)(H,28,29). The van der Waals surface area contributed by atoms with Crippen molar-refractivity contribution in [3.8, 4) is 11.4 Å². The van der Waals surface area contributed by atoms with Crippen LogP contribution in [0.3, 0.4) is 0 Å². The number of rotatable bonds is 7. The van der Waals surface area contributed by atoms with Gasteiger partial charge in [-0.2, -0.15) is 5.10 Å². The van der Waals surface area contributed by atoms with Crippen LogP contribution >= 0.6 is 0 Å². The second-order valence-corrected chi connectivity index (χ2v) is 7.23. The fourth-order valence-corrected chi connectivity index (χ4v) is 3.30. The van der Waals surface area contributed by atoms with Crippen LogP contribution in [0.4, 0.5) is 0 Å². The topological polar surface area (TPSA) is 93.5 Å². The first-order chi connectivity index (χ1) is 14.3. The van der Waals surface area contributed by atoms with E-state index in [1.165, 1.54) is 13.2 Å². The number of nitrogens with zero attached hydrogens (tertiary/aromatic N) is 2. The third-order valence-electron chi connectivity index (χ3n) is 4.94. The second-order valence-electron chi connectivity index (χ2n) is 7.23. The lowest BCUT2D eigenvalue weighted by Crippen LogP contribution is -2.28. The van der Waals surface area contributed by atoms with Gasteiger partial charge in [0.1, 0.15) is 11.3 Å². The molecule has 0 aliphatic rings. The first-order valence-corrected chi connectivity index (χ1v) is 9.61. The van der Waals surface area contributed by atoms with Gasteiger partial charge in [0.25, 0.3) is 0 Å². The van der Waals surface area contributed by atoms with Crippen molar-refractivity contribution in [2.75, 3.05) is 7.11 Å². The molecule has 1 atom stereocenters. The van der Waals surface area contributed by atoms with Crippen LogP contribution in [-0.4, -0.2) is 33.9 Å². The van der Waals surface area contributed by atoms with Gasteiger partial charge in [-0.1, -0.05) is 18.2 Å². The van der Waals surface area contributed by atoms with Crippen molar-refractivity contribution in [1.29, 1.82) is 0 Å². The molecule has 156 valence electrons. The number of carboxylic acid groups (broad SMARTS) is 1. The molecule has 0 saturated carbocycles. The number of carbonyl (C=O) groups is 2. The van der Waals surface area contributed by atoms with Gasteiger partial charge in [-0.05, 0) is 62.2 Å².